The number of hydrogen-bond acceptors (Lipinski definition) is 5. The average Bonchev–Trinajstić information content (AvgIpc) is 2.38. The molecule has 1 aromatic rings. The number of aromatic nitrogens is 2. The van der Waals surface area contributed by atoms with E-state index in [0.29, 0.717) is 25.1 Å². The summed E-state index contributed by atoms with van der Waals surface area (Å²) >= 11 is 0. The molecule has 1 aromatic heterocycles. The minimum Gasteiger partial charge on any atom is -0.373 e. The number of nitrogens with two attached hydrogens (primary N) is 1. The molecule has 0 spiro atoms. The maximum atomic E-state index is 5.71. The first kappa shape index (κ1) is 14.2. The van der Waals surface area contributed by atoms with E-state index in [2.05, 4.69) is 30.7 Å². The van der Waals surface area contributed by atoms with Crippen LogP contribution in [0, 0.1) is 6.92 Å². The highest BCUT2D eigenvalue weighted by Crippen LogP contribution is 2.22. The lowest BCUT2D eigenvalue weighted by atomic mass is 10.1. The van der Waals surface area contributed by atoms with Crippen molar-refractivity contribution in [3.63, 3.8) is 0 Å². The van der Waals surface area contributed by atoms with Crippen molar-refractivity contribution in [2.75, 3.05) is 24.6 Å². The van der Waals surface area contributed by atoms with Gasteiger partial charge in [0.05, 0.1) is 18.8 Å². The third kappa shape index (κ3) is 3.22. The third-order valence-electron chi connectivity index (χ3n) is 3.44. The minimum atomic E-state index is 0.0916. The lowest BCUT2D eigenvalue weighted by molar-refractivity contribution is 0.0279. The molecule has 2 atom stereocenters. The summed E-state index contributed by atoms with van der Waals surface area (Å²) in [4.78, 5) is 11.5. The van der Waals surface area contributed by atoms with Crippen molar-refractivity contribution in [2.24, 2.45) is 5.73 Å². The molecule has 0 radical (unpaired) electrons. The molecule has 0 bridgehead atoms. The Labute approximate surface area is 115 Å². The Kier molecular flexibility index (Phi) is 4.37. The summed E-state index contributed by atoms with van der Waals surface area (Å²) < 4.78 is 5.69. The molecule has 1 aliphatic rings. The van der Waals surface area contributed by atoms with Gasteiger partial charge in [0.25, 0.3) is 0 Å². The summed E-state index contributed by atoms with van der Waals surface area (Å²) in [6, 6.07) is 2.36. The smallest absolute Gasteiger partial charge is 0.133 e. The van der Waals surface area contributed by atoms with Gasteiger partial charge in [-0.15, -0.1) is 0 Å². The van der Waals surface area contributed by atoms with E-state index in [-0.39, 0.29) is 6.10 Å². The molecule has 2 rings (SSSR count). The van der Waals surface area contributed by atoms with E-state index in [9.17, 15) is 0 Å². The summed E-state index contributed by atoms with van der Waals surface area (Å²) in [5.41, 5.74) is 6.72. The molecular weight excluding hydrogens is 240 g/mol. The Morgan fingerprint density at radius 1 is 1.47 bits per heavy atom. The second kappa shape index (κ2) is 5.84. The molecule has 0 saturated carbocycles. The molecule has 1 fully saturated rings. The van der Waals surface area contributed by atoms with E-state index < -0.39 is 0 Å². The predicted molar refractivity (Wildman–Crippen MR) is 76.5 cm³/mol. The monoisotopic (exact) mass is 264 g/mol. The van der Waals surface area contributed by atoms with Crippen molar-refractivity contribution in [3.8, 4) is 0 Å². The summed E-state index contributed by atoms with van der Waals surface area (Å²) in [7, 11) is 0. The van der Waals surface area contributed by atoms with Crippen LogP contribution in [0.3, 0.4) is 0 Å². The van der Waals surface area contributed by atoms with Crippen molar-refractivity contribution in [1.82, 2.24) is 9.97 Å². The molecule has 5 nitrogen and oxygen atoms in total. The normalized spacial score (nSPS) is 24.0. The van der Waals surface area contributed by atoms with Crippen LogP contribution in [-0.4, -0.2) is 41.8 Å². The van der Waals surface area contributed by atoms with Crippen LogP contribution in [0.1, 0.15) is 38.2 Å². The van der Waals surface area contributed by atoms with Gasteiger partial charge in [-0.05, 0) is 13.8 Å². The summed E-state index contributed by atoms with van der Waals surface area (Å²) in [5, 5.41) is 0. The molecule has 2 unspecified atom stereocenters. The van der Waals surface area contributed by atoms with E-state index in [1.54, 1.807) is 0 Å². The van der Waals surface area contributed by atoms with E-state index in [1.807, 2.05) is 13.0 Å². The van der Waals surface area contributed by atoms with Crippen LogP contribution in [0.2, 0.25) is 0 Å². The maximum absolute atomic E-state index is 5.71. The molecule has 5 heteroatoms. The standard InChI is InChI=1S/C14H24N4O/c1-9(2)14-16-10(3)5-13(17-14)18-7-12(6-15)19-8-11(18)4/h5,9,11-12H,6-8,15H2,1-4H3. The molecule has 106 valence electrons. The highest BCUT2D eigenvalue weighted by Gasteiger charge is 2.26. The first-order chi connectivity index (χ1) is 9.01. The van der Waals surface area contributed by atoms with E-state index in [1.165, 1.54) is 0 Å². The van der Waals surface area contributed by atoms with Crippen molar-refractivity contribution in [2.45, 2.75) is 45.8 Å². The molecule has 0 amide bonds. The third-order valence-corrected chi connectivity index (χ3v) is 3.44. The van der Waals surface area contributed by atoms with Crippen LogP contribution >= 0.6 is 0 Å². The van der Waals surface area contributed by atoms with Gasteiger partial charge >= 0.3 is 0 Å². The minimum absolute atomic E-state index is 0.0916. The van der Waals surface area contributed by atoms with Gasteiger partial charge in [0, 0.05) is 30.8 Å². The molecule has 1 saturated heterocycles. The zero-order valence-corrected chi connectivity index (χ0v) is 12.3. The maximum Gasteiger partial charge on any atom is 0.133 e. The molecular formula is C14H24N4O. The fraction of sp³-hybridized carbons (Fsp3) is 0.714. The number of morpholine rings is 1. The number of rotatable bonds is 3. The number of nitrogens with zero attached hydrogens (tertiary/aromatic N) is 3. The Morgan fingerprint density at radius 3 is 2.84 bits per heavy atom. The Balaban J connectivity index is 2.28. The highest BCUT2D eigenvalue weighted by molar-refractivity contribution is 5.42. The van der Waals surface area contributed by atoms with Gasteiger partial charge < -0.3 is 15.4 Å². The summed E-state index contributed by atoms with van der Waals surface area (Å²) in [6.07, 6.45) is 0.0916. The molecule has 0 aromatic carbocycles. The molecule has 2 heterocycles. The predicted octanol–water partition coefficient (Wildman–Crippen LogP) is 1.46. The Bertz CT molecular complexity index is 435. The topological polar surface area (TPSA) is 64.3 Å². The number of aryl methyl sites for hydroxylation is 1. The molecule has 1 aliphatic heterocycles. The van der Waals surface area contributed by atoms with Gasteiger partial charge in [-0.3, -0.25) is 0 Å². The summed E-state index contributed by atoms with van der Waals surface area (Å²) in [6.45, 7) is 10.4. The van der Waals surface area contributed by atoms with E-state index in [4.69, 9.17) is 15.5 Å². The van der Waals surface area contributed by atoms with Crippen molar-refractivity contribution >= 4 is 5.82 Å². The van der Waals surface area contributed by atoms with Crippen molar-refractivity contribution < 1.29 is 4.74 Å². The fourth-order valence-electron chi connectivity index (χ4n) is 2.26. The van der Waals surface area contributed by atoms with Crippen LogP contribution in [0.5, 0.6) is 0 Å². The van der Waals surface area contributed by atoms with E-state index >= 15 is 0 Å². The first-order valence-corrected chi connectivity index (χ1v) is 6.95. The van der Waals surface area contributed by atoms with Crippen molar-refractivity contribution in [1.29, 1.82) is 0 Å². The second-order valence-corrected chi connectivity index (χ2v) is 5.57. The average molecular weight is 264 g/mol. The van der Waals surface area contributed by atoms with Crippen LogP contribution in [0.25, 0.3) is 0 Å². The number of hydrogen-bond donors (Lipinski definition) is 1. The van der Waals surface area contributed by atoms with Crippen LogP contribution < -0.4 is 10.6 Å². The molecule has 2 N–H and O–H groups in total. The van der Waals surface area contributed by atoms with Crippen LogP contribution in [0.4, 0.5) is 5.82 Å². The SMILES string of the molecule is Cc1cc(N2CC(CN)OCC2C)nc(C(C)C)n1. The molecule has 19 heavy (non-hydrogen) atoms. The molecule has 0 aliphatic carbocycles. The van der Waals surface area contributed by atoms with Gasteiger partial charge in [-0.1, -0.05) is 13.8 Å². The van der Waals surface area contributed by atoms with Crippen molar-refractivity contribution in [3.05, 3.63) is 17.6 Å². The van der Waals surface area contributed by atoms with Crippen LogP contribution in [0.15, 0.2) is 6.07 Å². The fourth-order valence-corrected chi connectivity index (χ4v) is 2.26. The number of ether oxygens (including phenoxy) is 1. The lowest BCUT2D eigenvalue weighted by Gasteiger charge is -2.38. The van der Waals surface area contributed by atoms with Gasteiger partial charge in [-0.25, -0.2) is 9.97 Å². The zero-order chi connectivity index (χ0) is 14.0. The lowest BCUT2D eigenvalue weighted by Crippen LogP contribution is -2.51. The van der Waals surface area contributed by atoms with Gasteiger partial charge in [-0.2, -0.15) is 0 Å². The van der Waals surface area contributed by atoms with Gasteiger partial charge in [0.1, 0.15) is 11.6 Å². The van der Waals surface area contributed by atoms with Gasteiger partial charge in [0.15, 0.2) is 0 Å². The highest BCUT2D eigenvalue weighted by atomic mass is 16.5. The number of anilines is 1. The van der Waals surface area contributed by atoms with E-state index in [0.717, 1.165) is 23.9 Å². The second-order valence-electron chi connectivity index (χ2n) is 5.57. The Morgan fingerprint density at radius 2 is 2.21 bits per heavy atom. The van der Waals surface area contributed by atoms with Crippen LogP contribution in [-0.2, 0) is 4.74 Å². The Hall–Kier alpha value is -1.20. The quantitative estimate of drug-likeness (QED) is 0.895. The largest absolute Gasteiger partial charge is 0.373 e. The first-order valence-electron chi connectivity index (χ1n) is 6.95. The zero-order valence-electron chi connectivity index (χ0n) is 12.3. The van der Waals surface area contributed by atoms with Gasteiger partial charge in [0.2, 0.25) is 0 Å². The summed E-state index contributed by atoms with van der Waals surface area (Å²) in [5.74, 6) is 2.23.